The molecule has 3 aromatic heterocycles. The van der Waals surface area contributed by atoms with Crippen LogP contribution in [0.15, 0.2) is 174 Å². The van der Waals surface area contributed by atoms with Gasteiger partial charge in [-0.2, -0.15) is 0 Å². The molecule has 4 heteroatoms. The second-order valence-corrected chi connectivity index (χ2v) is 14.0. The molecule has 11 aromatic rings. The molecule has 0 N–H and O–H groups in total. The first-order chi connectivity index (χ1) is 24.8. The van der Waals surface area contributed by atoms with E-state index in [1.165, 1.54) is 52.8 Å². The maximum atomic E-state index is 6.27. The lowest BCUT2D eigenvalue weighted by Gasteiger charge is -2.26. The number of thiophene rings is 1. The standard InChI is InChI=1S/C46H28N2OS/c1-2-10-30(11-3-1)48-41-15-7-4-12-34(41)35-24-21-33(28-42(35)48)47(32-22-25-44-40(27-32)36-13-5-8-16-43(36)49-44)31-20-18-29-19-23-38-37-14-6-9-17-45(37)50-46(38)39(29)26-31/h1-28H. The van der Waals surface area contributed by atoms with E-state index in [4.69, 9.17) is 4.42 Å². The van der Waals surface area contributed by atoms with Gasteiger partial charge in [0.25, 0.3) is 0 Å². The first-order valence-electron chi connectivity index (χ1n) is 16.9. The lowest BCUT2D eigenvalue weighted by atomic mass is 10.0. The summed E-state index contributed by atoms with van der Waals surface area (Å²) in [5, 5.41) is 9.83. The average Bonchev–Trinajstić information content (AvgIpc) is 3.85. The molecule has 3 heterocycles. The third-order valence-corrected chi connectivity index (χ3v) is 11.4. The minimum atomic E-state index is 0.889. The molecule has 0 aliphatic rings. The highest BCUT2D eigenvalue weighted by atomic mass is 32.1. The number of benzene rings is 8. The Morgan fingerprint density at radius 1 is 0.420 bits per heavy atom. The van der Waals surface area contributed by atoms with Gasteiger partial charge in [0, 0.05) is 69.9 Å². The van der Waals surface area contributed by atoms with E-state index in [0.717, 1.165) is 44.7 Å². The van der Waals surface area contributed by atoms with Gasteiger partial charge in [-0.05, 0) is 78.2 Å². The van der Waals surface area contributed by atoms with E-state index in [1.807, 2.05) is 23.5 Å². The van der Waals surface area contributed by atoms with Gasteiger partial charge in [0.15, 0.2) is 0 Å². The van der Waals surface area contributed by atoms with Gasteiger partial charge in [-0.3, -0.25) is 0 Å². The van der Waals surface area contributed by atoms with Crippen LogP contribution in [0.3, 0.4) is 0 Å². The van der Waals surface area contributed by atoms with Gasteiger partial charge in [-0.25, -0.2) is 0 Å². The van der Waals surface area contributed by atoms with Gasteiger partial charge in [-0.15, -0.1) is 11.3 Å². The van der Waals surface area contributed by atoms with E-state index in [1.54, 1.807) is 0 Å². The Labute approximate surface area is 291 Å². The molecule has 11 rings (SSSR count). The van der Waals surface area contributed by atoms with Gasteiger partial charge in [0.1, 0.15) is 11.2 Å². The molecule has 3 nitrogen and oxygen atoms in total. The summed E-state index contributed by atoms with van der Waals surface area (Å²) in [5.41, 5.74) is 8.57. The average molecular weight is 657 g/mol. The van der Waals surface area contributed by atoms with Crippen LogP contribution in [-0.2, 0) is 0 Å². The Morgan fingerprint density at radius 3 is 1.94 bits per heavy atom. The molecule has 8 aromatic carbocycles. The number of furan rings is 1. The molecule has 0 unspecified atom stereocenters. The van der Waals surface area contributed by atoms with Crippen LogP contribution in [-0.4, -0.2) is 4.57 Å². The van der Waals surface area contributed by atoms with Gasteiger partial charge < -0.3 is 13.9 Å². The number of hydrogen-bond acceptors (Lipinski definition) is 3. The fraction of sp³-hybridized carbons (Fsp3) is 0. The lowest BCUT2D eigenvalue weighted by Crippen LogP contribution is -2.10. The summed E-state index contributed by atoms with van der Waals surface area (Å²) < 4.78 is 11.3. The minimum absolute atomic E-state index is 0.889. The van der Waals surface area contributed by atoms with Crippen molar-refractivity contribution in [2.24, 2.45) is 0 Å². The summed E-state index contributed by atoms with van der Waals surface area (Å²) in [4.78, 5) is 2.40. The number of aromatic nitrogens is 1. The molecule has 0 amide bonds. The van der Waals surface area contributed by atoms with Crippen LogP contribution in [0.5, 0.6) is 0 Å². The van der Waals surface area contributed by atoms with E-state index in [0.29, 0.717) is 0 Å². The largest absolute Gasteiger partial charge is 0.456 e. The smallest absolute Gasteiger partial charge is 0.135 e. The van der Waals surface area contributed by atoms with E-state index < -0.39 is 0 Å². The van der Waals surface area contributed by atoms with Crippen LogP contribution in [0.4, 0.5) is 17.1 Å². The fourth-order valence-corrected chi connectivity index (χ4v) is 9.11. The van der Waals surface area contributed by atoms with Crippen LogP contribution in [0, 0.1) is 0 Å². The predicted octanol–water partition coefficient (Wildman–Crippen LogP) is 13.7. The van der Waals surface area contributed by atoms with E-state index in [-0.39, 0.29) is 0 Å². The van der Waals surface area contributed by atoms with Crippen molar-refractivity contribution < 1.29 is 4.42 Å². The first-order valence-corrected chi connectivity index (χ1v) is 17.7. The van der Waals surface area contributed by atoms with E-state index in [9.17, 15) is 0 Å². The van der Waals surface area contributed by atoms with Gasteiger partial charge in [-0.1, -0.05) is 97.1 Å². The SMILES string of the molecule is c1ccc(-n2c3ccccc3c3ccc(N(c4ccc5oc6ccccc6c5c4)c4ccc5ccc6c7ccccc7sc6c5c4)cc32)cc1. The summed E-state index contributed by atoms with van der Waals surface area (Å²) in [6.07, 6.45) is 0. The normalized spacial score (nSPS) is 12.0. The summed E-state index contributed by atoms with van der Waals surface area (Å²) in [5.74, 6) is 0. The highest BCUT2D eigenvalue weighted by Crippen LogP contribution is 2.44. The molecule has 234 valence electrons. The van der Waals surface area contributed by atoms with Crippen LogP contribution in [0.1, 0.15) is 0 Å². The van der Waals surface area contributed by atoms with Crippen molar-refractivity contribution in [2.75, 3.05) is 4.90 Å². The summed E-state index contributed by atoms with van der Waals surface area (Å²) in [6, 6.07) is 61.4. The zero-order valence-electron chi connectivity index (χ0n) is 26.9. The quantitative estimate of drug-likeness (QED) is 0.188. The van der Waals surface area contributed by atoms with Crippen molar-refractivity contribution in [2.45, 2.75) is 0 Å². The molecule has 0 atom stereocenters. The summed E-state index contributed by atoms with van der Waals surface area (Å²) >= 11 is 1.88. The molecule has 0 saturated heterocycles. The highest BCUT2D eigenvalue weighted by molar-refractivity contribution is 7.26. The van der Waals surface area contributed by atoms with Crippen molar-refractivity contribution in [3.63, 3.8) is 0 Å². The molecule has 0 radical (unpaired) electrons. The monoisotopic (exact) mass is 656 g/mol. The third-order valence-electron chi connectivity index (χ3n) is 10.2. The Morgan fingerprint density at radius 2 is 1.04 bits per heavy atom. The maximum absolute atomic E-state index is 6.27. The van der Waals surface area contributed by atoms with E-state index >= 15 is 0 Å². The number of nitrogens with zero attached hydrogens (tertiary/aromatic N) is 2. The lowest BCUT2D eigenvalue weighted by molar-refractivity contribution is 0.669. The molecule has 0 spiro atoms. The van der Waals surface area contributed by atoms with Crippen molar-refractivity contribution in [3.8, 4) is 5.69 Å². The number of rotatable bonds is 4. The van der Waals surface area contributed by atoms with Crippen molar-refractivity contribution in [3.05, 3.63) is 170 Å². The third kappa shape index (κ3) is 4.03. The van der Waals surface area contributed by atoms with Crippen molar-refractivity contribution >= 4 is 103 Å². The Kier molecular flexibility index (Phi) is 5.83. The molecule has 0 bridgehead atoms. The molecule has 0 aliphatic carbocycles. The Hall–Kier alpha value is -6.36. The van der Waals surface area contributed by atoms with Crippen molar-refractivity contribution in [1.29, 1.82) is 0 Å². The maximum Gasteiger partial charge on any atom is 0.135 e. The van der Waals surface area contributed by atoms with Gasteiger partial charge >= 0.3 is 0 Å². The van der Waals surface area contributed by atoms with Crippen LogP contribution < -0.4 is 4.90 Å². The number of para-hydroxylation sites is 3. The number of hydrogen-bond donors (Lipinski definition) is 0. The minimum Gasteiger partial charge on any atom is -0.456 e. The second-order valence-electron chi connectivity index (χ2n) is 12.9. The predicted molar refractivity (Wildman–Crippen MR) is 213 cm³/mol. The van der Waals surface area contributed by atoms with Crippen LogP contribution in [0.2, 0.25) is 0 Å². The van der Waals surface area contributed by atoms with Gasteiger partial charge in [0.2, 0.25) is 0 Å². The molecule has 0 saturated carbocycles. The van der Waals surface area contributed by atoms with Crippen LogP contribution >= 0.6 is 11.3 Å². The first kappa shape index (κ1) is 27.6. The molecular weight excluding hydrogens is 629 g/mol. The number of anilines is 3. The number of fused-ring (bicyclic) bond motifs is 11. The zero-order chi connectivity index (χ0) is 32.8. The molecule has 0 fully saturated rings. The second kappa shape index (κ2) is 10.6. The van der Waals surface area contributed by atoms with Crippen LogP contribution in [0.25, 0.3) is 80.4 Å². The van der Waals surface area contributed by atoms with Crippen molar-refractivity contribution in [1.82, 2.24) is 4.57 Å². The Bertz CT molecular complexity index is 3110. The molecule has 0 aliphatic heterocycles. The van der Waals surface area contributed by atoms with Gasteiger partial charge in [0.05, 0.1) is 11.0 Å². The van der Waals surface area contributed by atoms with E-state index in [2.05, 4.69) is 167 Å². The summed E-state index contributed by atoms with van der Waals surface area (Å²) in [7, 11) is 0. The molecule has 50 heavy (non-hydrogen) atoms. The zero-order valence-corrected chi connectivity index (χ0v) is 27.7. The Balaban J connectivity index is 1.20. The molecular formula is C46H28N2OS. The fourth-order valence-electron chi connectivity index (χ4n) is 7.88. The highest BCUT2D eigenvalue weighted by Gasteiger charge is 2.20. The summed E-state index contributed by atoms with van der Waals surface area (Å²) in [6.45, 7) is 0. The topological polar surface area (TPSA) is 21.3 Å².